The molecule has 0 aromatic carbocycles. The van der Waals surface area contributed by atoms with Gasteiger partial charge in [-0.05, 0) is 41.2 Å². The number of nitrogens with zero attached hydrogens (tertiary/aromatic N) is 2. The highest BCUT2D eigenvalue weighted by atomic mass is 79.9. The summed E-state index contributed by atoms with van der Waals surface area (Å²) in [6, 6.07) is 1.87. The van der Waals surface area contributed by atoms with Crippen molar-refractivity contribution in [2.45, 2.75) is 20.0 Å². The summed E-state index contributed by atoms with van der Waals surface area (Å²) in [4.78, 5) is 0. The fourth-order valence-electron chi connectivity index (χ4n) is 1.50. The maximum atomic E-state index is 10.3. The lowest BCUT2D eigenvalue weighted by Gasteiger charge is -2.12. The number of aliphatic hydroxyl groups is 1. The second-order valence-electron chi connectivity index (χ2n) is 3.60. The zero-order valence-electron chi connectivity index (χ0n) is 8.94. The highest BCUT2D eigenvalue weighted by molar-refractivity contribution is 9.10. The third-order valence-corrected chi connectivity index (χ3v) is 4.12. The van der Waals surface area contributed by atoms with Crippen molar-refractivity contribution < 1.29 is 5.11 Å². The van der Waals surface area contributed by atoms with E-state index in [2.05, 4.69) is 26.1 Å². The zero-order chi connectivity index (χ0) is 11.7. The van der Waals surface area contributed by atoms with Gasteiger partial charge in [-0.2, -0.15) is 21.5 Å². The lowest BCUT2D eigenvalue weighted by Crippen LogP contribution is -2.05. The molecule has 2 aromatic rings. The number of aliphatic hydroxyl groups excluding tert-OH is 1. The van der Waals surface area contributed by atoms with Crippen LogP contribution in [0.4, 0.5) is 0 Å². The largest absolute Gasteiger partial charge is 0.384 e. The predicted molar refractivity (Wildman–Crippen MR) is 67.6 cm³/mol. The number of hydrogen-bond donors (Lipinski definition) is 1. The van der Waals surface area contributed by atoms with Crippen molar-refractivity contribution >= 4 is 27.3 Å². The van der Waals surface area contributed by atoms with E-state index in [1.807, 2.05) is 30.7 Å². The quantitative estimate of drug-likeness (QED) is 0.927. The number of rotatable bonds is 2. The first kappa shape index (κ1) is 11.7. The topological polar surface area (TPSA) is 46.0 Å². The van der Waals surface area contributed by atoms with E-state index in [0.717, 1.165) is 27.0 Å². The monoisotopic (exact) mass is 298 g/mol. The molecule has 1 atom stereocenters. The molecule has 0 fully saturated rings. The van der Waals surface area contributed by atoms with Gasteiger partial charge in [-0.15, -0.1) is 0 Å². The van der Waals surface area contributed by atoms with Crippen LogP contribution in [-0.2, 0) is 0 Å². The summed E-state index contributed by atoms with van der Waals surface area (Å²) >= 11 is 4.98. The first-order valence-electron chi connectivity index (χ1n) is 4.80. The Bertz CT molecular complexity index is 512. The van der Waals surface area contributed by atoms with Crippen LogP contribution in [-0.4, -0.2) is 15.3 Å². The van der Waals surface area contributed by atoms with Crippen LogP contribution >= 0.6 is 27.3 Å². The van der Waals surface area contributed by atoms with Crippen molar-refractivity contribution in [3.63, 3.8) is 0 Å². The van der Waals surface area contributed by atoms with Gasteiger partial charge in [0.25, 0.3) is 0 Å². The van der Waals surface area contributed by atoms with Gasteiger partial charge in [-0.25, -0.2) is 0 Å². The summed E-state index contributed by atoms with van der Waals surface area (Å²) in [5, 5.41) is 22.1. The standard InChI is InChI=1S/C11H11BrN2OS/c1-6-3-8(7(2)14-13-6)11(15)9-4-16-5-10(9)12/h3-5,11,15H,1-2H3. The third kappa shape index (κ3) is 2.16. The predicted octanol–water partition coefficient (Wildman–Crippen LogP) is 3.00. The molecule has 5 heteroatoms. The van der Waals surface area contributed by atoms with E-state index in [4.69, 9.17) is 0 Å². The summed E-state index contributed by atoms with van der Waals surface area (Å²) in [5.74, 6) is 0. The van der Waals surface area contributed by atoms with E-state index in [-0.39, 0.29) is 0 Å². The highest BCUT2D eigenvalue weighted by Gasteiger charge is 2.17. The molecule has 1 unspecified atom stereocenters. The summed E-state index contributed by atoms with van der Waals surface area (Å²) in [6.45, 7) is 3.72. The summed E-state index contributed by atoms with van der Waals surface area (Å²) in [6.07, 6.45) is -0.644. The number of hydrogen-bond acceptors (Lipinski definition) is 4. The third-order valence-electron chi connectivity index (χ3n) is 2.37. The molecule has 2 aromatic heterocycles. The minimum atomic E-state index is -0.644. The van der Waals surface area contributed by atoms with E-state index in [1.54, 1.807) is 11.3 Å². The van der Waals surface area contributed by atoms with Crippen LogP contribution in [0, 0.1) is 13.8 Å². The van der Waals surface area contributed by atoms with Crippen LogP contribution in [0.3, 0.4) is 0 Å². The number of halogens is 1. The van der Waals surface area contributed by atoms with Gasteiger partial charge in [0.05, 0.1) is 11.4 Å². The molecule has 1 N–H and O–H groups in total. The van der Waals surface area contributed by atoms with Crippen LogP contribution in [0.15, 0.2) is 21.3 Å². The normalized spacial score (nSPS) is 12.8. The summed E-state index contributed by atoms with van der Waals surface area (Å²) in [5.41, 5.74) is 3.26. The van der Waals surface area contributed by atoms with Crippen LogP contribution < -0.4 is 0 Å². The Hall–Kier alpha value is -0.780. The van der Waals surface area contributed by atoms with E-state index in [1.165, 1.54) is 0 Å². The van der Waals surface area contributed by atoms with Crippen molar-refractivity contribution in [1.82, 2.24) is 10.2 Å². The van der Waals surface area contributed by atoms with Crippen molar-refractivity contribution in [3.05, 3.63) is 43.8 Å². The van der Waals surface area contributed by atoms with Gasteiger partial charge in [-0.3, -0.25) is 0 Å². The molecule has 0 bridgehead atoms. The first-order chi connectivity index (χ1) is 7.59. The van der Waals surface area contributed by atoms with Gasteiger partial charge in [0.2, 0.25) is 0 Å². The molecule has 0 aliphatic rings. The van der Waals surface area contributed by atoms with E-state index in [0.29, 0.717) is 0 Å². The van der Waals surface area contributed by atoms with E-state index < -0.39 is 6.10 Å². The van der Waals surface area contributed by atoms with Crippen LogP contribution in [0.2, 0.25) is 0 Å². The molecule has 0 saturated carbocycles. The average molecular weight is 299 g/mol. The molecule has 0 spiro atoms. The van der Waals surface area contributed by atoms with Gasteiger partial charge in [0, 0.05) is 21.0 Å². The second kappa shape index (κ2) is 4.61. The smallest absolute Gasteiger partial charge is 0.108 e. The molecule has 84 valence electrons. The average Bonchev–Trinajstić information content (AvgIpc) is 2.67. The van der Waals surface area contributed by atoms with Gasteiger partial charge >= 0.3 is 0 Å². The first-order valence-corrected chi connectivity index (χ1v) is 6.53. The summed E-state index contributed by atoms with van der Waals surface area (Å²) in [7, 11) is 0. The fourth-order valence-corrected chi connectivity index (χ4v) is 3.03. The lowest BCUT2D eigenvalue weighted by molar-refractivity contribution is 0.218. The highest BCUT2D eigenvalue weighted by Crippen LogP contribution is 2.32. The minimum Gasteiger partial charge on any atom is -0.384 e. The molecular formula is C11H11BrN2OS. The molecule has 0 saturated heterocycles. The number of aryl methyl sites for hydroxylation is 2. The van der Waals surface area contributed by atoms with Crippen LogP contribution in [0.25, 0.3) is 0 Å². The Morgan fingerprint density at radius 3 is 2.62 bits per heavy atom. The lowest BCUT2D eigenvalue weighted by atomic mass is 10.0. The van der Waals surface area contributed by atoms with Crippen LogP contribution in [0.5, 0.6) is 0 Å². The fraction of sp³-hybridized carbons (Fsp3) is 0.273. The molecule has 0 amide bonds. The maximum Gasteiger partial charge on any atom is 0.108 e. The molecule has 2 heterocycles. The van der Waals surface area contributed by atoms with Crippen molar-refractivity contribution in [2.75, 3.05) is 0 Å². The SMILES string of the molecule is Cc1cc(C(O)c2cscc2Br)c(C)nn1. The van der Waals surface area contributed by atoms with Gasteiger partial charge in [0.1, 0.15) is 6.10 Å². The summed E-state index contributed by atoms with van der Waals surface area (Å²) < 4.78 is 0.930. The van der Waals surface area contributed by atoms with Crippen molar-refractivity contribution in [3.8, 4) is 0 Å². The second-order valence-corrected chi connectivity index (χ2v) is 5.20. The molecule has 0 aliphatic carbocycles. The van der Waals surface area contributed by atoms with Crippen molar-refractivity contribution in [2.24, 2.45) is 0 Å². The number of aromatic nitrogens is 2. The molecule has 3 nitrogen and oxygen atoms in total. The molecule has 0 aliphatic heterocycles. The van der Waals surface area contributed by atoms with E-state index in [9.17, 15) is 5.11 Å². The number of thiophene rings is 1. The molecule has 16 heavy (non-hydrogen) atoms. The van der Waals surface area contributed by atoms with E-state index >= 15 is 0 Å². The zero-order valence-corrected chi connectivity index (χ0v) is 11.3. The Kier molecular flexibility index (Phi) is 3.37. The Balaban J connectivity index is 2.45. The van der Waals surface area contributed by atoms with Gasteiger partial charge in [-0.1, -0.05) is 0 Å². The van der Waals surface area contributed by atoms with Gasteiger partial charge < -0.3 is 5.11 Å². The minimum absolute atomic E-state index is 0.644. The van der Waals surface area contributed by atoms with Crippen molar-refractivity contribution in [1.29, 1.82) is 0 Å². The maximum absolute atomic E-state index is 10.3. The molecule has 2 rings (SSSR count). The Morgan fingerprint density at radius 2 is 2.00 bits per heavy atom. The molecule has 0 radical (unpaired) electrons. The Morgan fingerprint density at radius 1 is 1.25 bits per heavy atom. The van der Waals surface area contributed by atoms with Gasteiger partial charge in [0.15, 0.2) is 0 Å². The Labute approximate surface area is 106 Å². The van der Waals surface area contributed by atoms with Crippen LogP contribution in [0.1, 0.15) is 28.6 Å². The molecular weight excluding hydrogens is 288 g/mol.